The smallest absolute Gasteiger partial charge is 0.176 e. The highest BCUT2D eigenvalue weighted by Gasteiger charge is 2.36. The number of hydrogen-bond acceptors (Lipinski definition) is 6. The quantitative estimate of drug-likeness (QED) is 0.178. The van der Waals surface area contributed by atoms with Gasteiger partial charge in [-0.25, -0.2) is 4.98 Å². The van der Waals surface area contributed by atoms with E-state index in [1.165, 1.54) is 18.9 Å². The number of piperidine rings is 1. The average Bonchev–Trinajstić information content (AvgIpc) is 3.70. The van der Waals surface area contributed by atoms with Gasteiger partial charge in [0.2, 0.25) is 0 Å². The first-order chi connectivity index (χ1) is 20.7. The highest BCUT2D eigenvalue weighted by Crippen LogP contribution is 2.37. The molecule has 224 valence electrons. The lowest BCUT2D eigenvalue weighted by atomic mass is 9.83. The maximum absolute atomic E-state index is 13.8. The topological polar surface area (TPSA) is 77.1 Å². The largest absolute Gasteiger partial charge is 0.359 e. The third kappa shape index (κ3) is 6.81. The fraction of sp³-hybridized carbons (Fsp3) is 0.314. The molecule has 1 saturated heterocycles. The molecule has 2 aliphatic rings. The molecule has 0 unspecified atom stereocenters. The van der Waals surface area contributed by atoms with Gasteiger partial charge in [-0.3, -0.25) is 5.43 Å². The number of aromatic amines is 1. The van der Waals surface area contributed by atoms with Crippen LogP contribution in [0.4, 0.5) is 4.39 Å². The molecule has 0 atom stereocenters. The van der Waals surface area contributed by atoms with Gasteiger partial charge in [0.1, 0.15) is 5.65 Å². The molecule has 8 heteroatoms. The van der Waals surface area contributed by atoms with Crippen molar-refractivity contribution in [3.63, 3.8) is 0 Å². The summed E-state index contributed by atoms with van der Waals surface area (Å²) in [5.74, 6) is 0.671. The van der Waals surface area contributed by atoms with Crippen LogP contribution in [-0.4, -0.2) is 28.8 Å². The van der Waals surface area contributed by atoms with Crippen LogP contribution in [0.25, 0.3) is 21.5 Å². The van der Waals surface area contributed by atoms with Gasteiger partial charge < -0.3 is 15.6 Å². The Balaban J connectivity index is 1.31. The normalized spacial score (nSPS) is 19.0. The fourth-order valence-electron chi connectivity index (χ4n) is 5.73. The molecular formula is C35H41FN6S. The van der Waals surface area contributed by atoms with Crippen LogP contribution in [0.1, 0.15) is 52.7 Å². The van der Waals surface area contributed by atoms with Gasteiger partial charge in [-0.15, -0.1) is 11.3 Å². The van der Waals surface area contributed by atoms with Gasteiger partial charge in [0.15, 0.2) is 5.13 Å². The molecule has 5 rings (SSSR count). The van der Waals surface area contributed by atoms with Gasteiger partial charge in [0.25, 0.3) is 0 Å². The first-order valence-electron chi connectivity index (χ1n) is 14.8. The number of nitrogens with zero attached hydrogens (tertiary/aromatic N) is 2. The number of H-pyrrole nitrogens is 1. The minimum Gasteiger partial charge on any atom is -0.359 e. The molecule has 0 bridgehead atoms. The van der Waals surface area contributed by atoms with Crippen LogP contribution in [-0.2, 0) is 0 Å². The molecule has 0 aromatic carbocycles. The molecule has 4 N–H and O–H groups in total. The summed E-state index contributed by atoms with van der Waals surface area (Å²) in [7, 11) is 0. The van der Waals surface area contributed by atoms with E-state index in [1.807, 2.05) is 25.1 Å². The highest BCUT2D eigenvalue weighted by molar-refractivity contribution is 7.14. The van der Waals surface area contributed by atoms with Crippen LogP contribution in [0.5, 0.6) is 0 Å². The van der Waals surface area contributed by atoms with E-state index < -0.39 is 0 Å². The summed E-state index contributed by atoms with van der Waals surface area (Å²) in [6, 6.07) is 7.29. The predicted molar refractivity (Wildman–Crippen MR) is 179 cm³/mol. The van der Waals surface area contributed by atoms with Crippen molar-refractivity contribution in [2.75, 3.05) is 13.1 Å². The lowest BCUT2D eigenvalue weighted by Gasteiger charge is -2.24. The Hall–Kier alpha value is -4.01. The van der Waals surface area contributed by atoms with Crippen molar-refractivity contribution in [2.45, 2.75) is 47.0 Å². The predicted octanol–water partition coefficient (Wildman–Crippen LogP) is 8.10. The van der Waals surface area contributed by atoms with Crippen molar-refractivity contribution in [1.29, 1.82) is 0 Å². The van der Waals surface area contributed by atoms with Gasteiger partial charge in [0.05, 0.1) is 16.8 Å². The molecular weight excluding hydrogens is 555 g/mol. The summed E-state index contributed by atoms with van der Waals surface area (Å²) in [5.41, 5.74) is 11.5. The molecule has 6 nitrogen and oxygen atoms in total. The third-order valence-corrected chi connectivity index (χ3v) is 9.20. The average molecular weight is 597 g/mol. The molecule has 0 amide bonds. The lowest BCUT2D eigenvalue weighted by molar-refractivity contribution is 0.368. The lowest BCUT2D eigenvalue weighted by Crippen LogP contribution is -2.28. The maximum Gasteiger partial charge on any atom is 0.176 e. The van der Waals surface area contributed by atoms with E-state index in [0.717, 1.165) is 92.0 Å². The number of pyridine rings is 1. The summed E-state index contributed by atoms with van der Waals surface area (Å²) in [5, 5.41) is 12.4. The fourth-order valence-corrected chi connectivity index (χ4v) is 6.50. The Kier molecular flexibility index (Phi) is 9.28. The van der Waals surface area contributed by atoms with E-state index in [2.05, 4.69) is 90.3 Å². The molecule has 1 fully saturated rings. The van der Waals surface area contributed by atoms with Crippen LogP contribution in [0.15, 0.2) is 107 Å². The Bertz CT molecular complexity index is 1670. The molecule has 5 heterocycles. The van der Waals surface area contributed by atoms with E-state index >= 15 is 0 Å². The van der Waals surface area contributed by atoms with Crippen LogP contribution in [0.3, 0.4) is 0 Å². The summed E-state index contributed by atoms with van der Waals surface area (Å²) < 4.78 is 13.8. The Morgan fingerprint density at radius 1 is 1.23 bits per heavy atom. The number of hydrogen-bond donors (Lipinski definition) is 4. The molecule has 3 aromatic heterocycles. The molecule has 43 heavy (non-hydrogen) atoms. The molecule has 2 aliphatic heterocycles. The maximum atomic E-state index is 13.8. The molecule has 0 aliphatic carbocycles. The second-order valence-corrected chi connectivity index (χ2v) is 12.7. The first-order valence-corrected chi connectivity index (χ1v) is 15.6. The van der Waals surface area contributed by atoms with Gasteiger partial charge >= 0.3 is 0 Å². The Labute approximate surface area is 258 Å². The van der Waals surface area contributed by atoms with Gasteiger partial charge in [-0.05, 0) is 120 Å². The minimum atomic E-state index is -0.376. The van der Waals surface area contributed by atoms with Gasteiger partial charge in [-0.2, -0.15) is 9.49 Å². The van der Waals surface area contributed by atoms with E-state index in [0.29, 0.717) is 5.92 Å². The zero-order valence-corrected chi connectivity index (χ0v) is 26.3. The number of nitrogens with one attached hydrogen (secondary N) is 4. The Morgan fingerprint density at radius 2 is 2.02 bits per heavy atom. The van der Waals surface area contributed by atoms with Crippen molar-refractivity contribution < 1.29 is 4.39 Å². The Morgan fingerprint density at radius 3 is 2.72 bits per heavy atom. The number of thiophene rings is 1. The zero-order valence-electron chi connectivity index (χ0n) is 25.5. The van der Waals surface area contributed by atoms with E-state index in [1.54, 1.807) is 6.20 Å². The highest BCUT2D eigenvalue weighted by atomic mass is 32.1. The van der Waals surface area contributed by atoms with Gasteiger partial charge in [-0.1, -0.05) is 25.3 Å². The van der Waals surface area contributed by atoms with Crippen molar-refractivity contribution >= 4 is 28.1 Å². The van der Waals surface area contributed by atoms with E-state index in [9.17, 15) is 4.39 Å². The van der Waals surface area contributed by atoms with Crippen molar-refractivity contribution in [2.24, 2.45) is 16.4 Å². The second-order valence-electron chi connectivity index (χ2n) is 11.7. The van der Waals surface area contributed by atoms with Crippen molar-refractivity contribution in [3.05, 3.63) is 113 Å². The van der Waals surface area contributed by atoms with Gasteiger partial charge in [0, 0.05) is 39.1 Å². The zero-order chi connectivity index (χ0) is 30.6. The second kappa shape index (κ2) is 13.1. The number of fused-ring (bicyclic) bond motifs is 1. The summed E-state index contributed by atoms with van der Waals surface area (Å²) >= 11 is 1.13. The number of hydrazone groups is 1. The van der Waals surface area contributed by atoms with Crippen LogP contribution < -0.4 is 16.1 Å². The molecule has 0 saturated carbocycles. The first kappa shape index (κ1) is 30.4. The monoisotopic (exact) mass is 596 g/mol. The standard InChI is InChI=1S/C35H41FN6S/c1-7-25(20-26(8-2)39-23(4)19-24-13-16-37-17-14-24)22(3)9-11-31-35(5,6)33(42-41-31)29-21-28-27(15-18-38-34(28)40-29)30-10-12-32(36)43-30/h7-12,15,18,20-21,24,37,39,41H,2,4,13-14,16-17,19H2,1,3,5-6H3,(H,38,40)/b22-9+,25-7+,26-20+,31-11+. The van der Waals surface area contributed by atoms with E-state index in [4.69, 9.17) is 5.10 Å². The molecule has 3 aromatic rings. The summed E-state index contributed by atoms with van der Waals surface area (Å²) in [6.45, 7) is 18.9. The number of aromatic nitrogens is 2. The van der Waals surface area contributed by atoms with Crippen LogP contribution >= 0.6 is 11.3 Å². The number of rotatable bonds is 10. The number of allylic oxidation sites excluding steroid dienone is 9. The number of halogens is 1. The molecule has 0 radical (unpaired) electrons. The van der Waals surface area contributed by atoms with Crippen molar-refractivity contribution in [3.8, 4) is 10.4 Å². The van der Waals surface area contributed by atoms with Crippen LogP contribution in [0.2, 0.25) is 0 Å². The summed E-state index contributed by atoms with van der Waals surface area (Å²) in [6.07, 6.45) is 15.4. The summed E-state index contributed by atoms with van der Waals surface area (Å²) in [4.78, 5) is 8.83. The molecule has 0 spiro atoms. The SMILES string of the molecule is C=C\C(=C/C(=C\C)C(/C)=C/C=C1/NN=C(c2cc3c(-c4ccc(F)s4)ccnc3[nH]2)C1(C)C)NC(=C)CC1CCNCC1. The van der Waals surface area contributed by atoms with E-state index in [-0.39, 0.29) is 10.5 Å². The minimum absolute atomic E-state index is 0.203. The van der Waals surface area contributed by atoms with Crippen LogP contribution in [0, 0.1) is 16.5 Å². The third-order valence-electron chi connectivity index (χ3n) is 8.29. The van der Waals surface area contributed by atoms with Crippen molar-refractivity contribution in [1.82, 2.24) is 26.0 Å².